The molecule has 0 fully saturated rings. The van der Waals surface area contributed by atoms with Crippen molar-refractivity contribution in [1.82, 2.24) is 10.6 Å². The third-order valence-corrected chi connectivity index (χ3v) is 2.87. The van der Waals surface area contributed by atoms with E-state index in [1.54, 1.807) is 0 Å². The van der Waals surface area contributed by atoms with Gasteiger partial charge >= 0.3 is 0 Å². The maximum Gasteiger partial charge on any atom is 0.222 e. The number of carbonyl (C=O) groups excluding carboxylic acids is 2. The molecule has 0 unspecified atom stereocenters. The molecule has 5 nitrogen and oxygen atoms in total. The van der Waals surface area contributed by atoms with Crippen LogP contribution in [0, 0.1) is 0 Å². The molecule has 1 aromatic rings. The molecule has 0 atom stereocenters. The number of benzene rings is 1. The molecule has 0 aliphatic carbocycles. The summed E-state index contributed by atoms with van der Waals surface area (Å²) in [5, 5.41) is 5.60. The van der Waals surface area contributed by atoms with Crippen LogP contribution in [0.2, 0.25) is 0 Å². The van der Waals surface area contributed by atoms with Gasteiger partial charge in [0.25, 0.3) is 0 Å². The monoisotopic (exact) mass is 291 g/mol. The van der Waals surface area contributed by atoms with Crippen LogP contribution in [-0.2, 0) is 16.0 Å². The van der Waals surface area contributed by atoms with Gasteiger partial charge in [-0.05, 0) is 38.8 Å². The molecule has 0 saturated heterocycles. The Morgan fingerprint density at radius 2 is 1.76 bits per heavy atom. The molecule has 4 N–H and O–H groups in total. The van der Waals surface area contributed by atoms with Crippen molar-refractivity contribution in [2.75, 3.05) is 12.3 Å². The van der Waals surface area contributed by atoms with Crippen molar-refractivity contribution < 1.29 is 9.59 Å². The summed E-state index contributed by atoms with van der Waals surface area (Å²) in [7, 11) is 0. The van der Waals surface area contributed by atoms with Crippen molar-refractivity contribution in [2.24, 2.45) is 0 Å². The summed E-state index contributed by atoms with van der Waals surface area (Å²) in [6, 6.07) is 7.51. The number of amides is 2. The van der Waals surface area contributed by atoms with Gasteiger partial charge in [0.2, 0.25) is 11.8 Å². The van der Waals surface area contributed by atoms with Crippen LogP contribution in [0.5, 0.6) is 0 Å². The van der Waals surface area contributed by atoms with Gasteiger partial charge in [-0.3, -0.25) is 9.59 Å². The van der Waals surface area contributed by atoms with Gasteiger partial charge in [-0.2, -0.15) is 0 Å². The average Bonchev–Trinajstić information content (AvgIpc) is 2.35. The molecular weight excluding hydrogens is 266 g/mol. The quantitative estimate of drug-likeness (QED) is 0.696. The lowest BCUT2D eigenvalue weighted by atomic mass is 10.1. The number of carbonyl (C=O) groups is 2. The molecule has 1 aromatic carbocycles. The van der Waals surface area contributed by atoms with Gasteiger partial charge in [0, 0.05) is 30.6 Å². The van der Waals surface area contributed by atoms with E-state index >= 15 is 0 Å². The zero-order valence-corrected chi connectivity index (χ0v) is 13.0. The summed E-state index contributed by atoms with van der Waals surface area (Å²) in [6.07, 6.45) is 1.26. The van der Waals surface area contributed by atoms with Gasteiger partial charge < -0.3 is 16.4 Å². The van der Waals surface area contributed by atoms with Gasteiger partial charge in [0.05, 0.1) is 0 Å². The highest BCUT2D eigenvalue weighted by molar-refractivity contribution is 5.79. The molecule has 0 aromatic heterocycles. The normalized spacial score (nSPS) is 11.0. The summed E-state index contributed by atoms with van der Waals surface area (Å²) in [6.45, 7) is 6.13. The molecule has 21 heavy (non-hydrogen) atoms. The van der Waals surface area contributed by atoms with Crippen molar-refractivity contribution in [3.63, 3.8) is 0 Å². The molecule has 1 rings (SSSR count). The van der Waals surface area contributed by atoms with Gasteiger partial charge in [0.15, 0.2) is 0 Å². The fraction of sp³-hybridized carbons (Fsp3) is 0.500. The number of para-hydroxylation sites is 1. The first-order valence-electron chi connectivity index (χ1n) is 7.19. The highest BCUT2D eigenvalue weighted by Gasteiger charge is 2.13. The molecule has 0 saturated carbocycles. The summed E-state index contributed by atoms with van der Waals surface area (Å²) in [5.74, 6) is -0.128. The average molecular weight is 291 g/mol. The fourth-order valence-corrected chi connectivity index (χ4v) is 1.89. The second-order valence-electron chi connectivity index (χ2n) is 6.10. The van der Waals surface area contributed by atoms with E-state index in [0.29, 0.717) is 25.1 Å². The Kier molecular flexibility index (Phi) is 6.21. The van der Waals surface area contributed by atoms with E-state index in [0.717, 1.165) is 5.56 Å². The minimum Gasteiger partial charge on any atom is -0.399 e. The van der Waals surface area contributed by atoms with Crippen LogP contribution >= 0.6 is 0 Å². The third kappa shape index (κ3) is 7.34. The molecule has 5 heteroatoms. The Bertz CT molecular complexity index is 493. The first-order chi connectivity index (χ1) is 9.78. The van der Waals surface area contributed by atoms with Gasteiger partial charge in [-0.15, -0.1) is 0 Å². The standard InChI is InChI=1S/C16H25N3O2/c1-16(2,3)19-15(21)10-11-18-14(20)9-8-12-6-4-5-7-13(12)17/h4-7H,8-11,17H2,1-3H3,(H,18,20)(H,19,21). The van der Waals surface area contributed by atoms with E-state index < -0.39 is 0 Å². The van der Waals surface area contributed by atoms with Gasteiger partial charge in [-0.25, -0.2) is 0 Å². The van der Waals surface area contributed by atoms with Crippen LogP contribution in [0.3, 0.4) is 0 Å². The summed E-state index contributed by atoms with van der Waals surface area (Å²) in [4.78, 5) is 23.3. The zero-order chi connectivity index (χ0) is 15.9. The molecule has 0 heterocycles. The van der Waals surface area contributed by atoms with Crippen molar-refractivity contribution in [2.45, 2.75) is 45.6 Å². The first kappa shape index (κ1) is 17.0. The van der Waals surface area contributed by atoms with Crippen LogP contribution in [0.25, 0.3) is 0 Å². The van der Waals surface area contributed by atoms with E-state index in [1.165, 1.54) is 0 Å². The maximum absolute atomic E-state index is 11.7. The molecule has 2 amide bonds. The number of nitrogens with one attached hydrogen (secondary N) is 2. The first-order valence-corrected chi connectivity index (χ1v) is 7.19. The predicted molar refractivity (Wildman–Crippen MR) is 84.7 cm³/mol. The van der Waals surface area contributed by atoms with Crippen LogP contribution in [0.1, 0.15) is 39.2 Å². The van der Waals surface area contributed by atoms with E-state index in [2.05, 4.69) is 10.6 Å². The molecular formula is C16H25N3O2. The Morgan fingerprint density at radius 1 is 1.10 bits per heavy atom. The van der Waals surface area contributed by atoms with Crippen molar-refractivity contribution in [3.05, 3.63) is 29.8 Å². The van der Waals surface area contributed by atoms with E-state index in [-0.39, 0.29) is 23.8 Å². The van der Waals surface area contributed by atoms with E-state index in [1.807, 2.05) is 45.0 Å². The zero-order valence-electron chi connectivity index (χ0n) is 13.0. The number of nitrogens with two attached hydrogens (primary N) is 1. The smallest absolute Gasteiger partial charge is 0.222 e. The Labute approximate surface area is 126 Å². The maximum atomic E-state index is 11.7. The van der Waals surface area contributed by atoms with Gasteiger partial charge in [0.1, 0.15) is 0 Å². The molecule has 0 aliphatic heterocycles. The van der Waals surface area contributed by atoms with Crippen LogP contribution < -0.4 is 16.4 Å². The van der Waals surface area contributed by atoms with Crippen LogP contribution in [-0.4, -0.2) is 23.9 Å². The van der Waals surface area contributed by atoms with Gasteiger partial charge in [-0.1, -0.05) is 18.2 Å². The van der Waals surface area contributed by atoms with Crippen LogP contribution in [0.15, 0.2) is 24.3 Å². The summed E-state index contributed by atoms with van der Waals surface area (Å²) >= 11 is 0. The number of nitrogen functional groups attached to an aromatic ring is 1. The second kappa shape index (κ2) is 7.67. The molecule has 116 valence electrons. The SMILES string of the molecule is CC(C)(C)NC(=O)CCNC(=O)CCc1ccccc1N. The number of anilines is 1. The fourth-order valence-electron chi connectivity index (χ4n) is 1.89. The Morgan fingerprint density at radius 3 is 2.38 bits per heavy atom. The molecule has 0 radical (unpaired) electrons. The number of hydrogen-bond acceptors (Lipinski definition) is 3. The van der Waals surface area contributed by atoms with Crippen LogP contribution in [0.4, 0.5) is 5.69 Å². The minimum absolute atomic E-state index is 0.0601. The van der Waals surface area contributed by atoms with Crippen molar-refractivity contribution in [1.29, 1.82) is 0 Å². The minimum atomic E-state index is -0.244. The Balaban J connectivity index is 2.23. The van der Waals surface area contributed by atoms with Crippen molar-refractivity contribution in [3.8, 4) is 0 Å². The summed E-state index contributed by atoms with van der Waals surface area (Å²) < 4.78 is 0. The lowest BCUT2D eigenvalue weighted by Gasteiger charge is -2.20. The lowest BCUT2D eigenvalue weighted by molar-refractivity contribution is -0.123. The highest BCUT2D eigenvalue weighted by atomic mass is 16.2. The summed E-state index contributed by atoms with van der Waals surface area (Å²) in [5.41, 5.74) is 7.25. The van der Waals surface area contributed by atoms with E-state index in [4.69, 9.17) is 5.73 Å². The molecule has 0 bridgehead atoms. The number of rotatable bonds is 6. The number of hydrogen-bond donors (Lipinski definition) is 3. The molecule has 0 aliphatic rings. The predicted octanol–water partition coefficient (Wildman–Crippen LogP) is 1.62. The highest BCUT2D eigenvalue weighted by Crippen LogP contribution is 2.12. The number of aryl methyl sites for hydroxylation is 1. The van der Waals surface area contributed by atoms with E-state index in [9.17, 15) is 9.59 Å². The largest absolute Gasteiger partial charge is 0.399 e. The Hall–Kier alpha value is -2.04. The lowest BCUT2D eigenvalue weighted by Crippen LogP contribution is -2.42. The third-order valence-electron chi connectivity index (χ3n) is 2.87. The topological polar surface area (TPSA) is 84.2 Å². The molecule has 0 spiro atoms. The van der Waals surface area contributed by atoms with Crippen molar-refractivity contribution >= 4 is 17.5 Å². The second-order valence-corrected chi connectivity index (χ2v) is 6.10.